The summed E-state index contributed by atoms with van der Waals surface area (Å²) >= 11 is 0. The number of fused-ring (bicyclic) bond motifs is 1. The van der Waals surface area contributed by atoms with Gasteiger partial charge in [0.15, 0.2) is 11.6 Å². The highest BCUT2D eigenvalue weighted by Gasteiger charge is 2.32. The van der Waals surface area contributed by atoms with Crippen molar-refractivity contribution in [1.82, 2.24) is 25.3 Å². The Morgan fingerprint density at radius 3 is 2.82 bits per heavy atom. The number of nitrogens with one attached hydrogen (secondary N) is 3. The quantitative estimate of drug-likeness (QED) is 0.525. The summed E-state index contributed by atoms with van der Waals surface area (Å²) in [5.74, 6) is 1.52. The van der Waals surface area contributed by atoms with Gasteiger partial charge in [0.25, 0.3) is 0 Å². The second-order valence-corrected chi connectivity index (χ2v) is 8.80. The summed E-state index contributed by atoms with van der Waals surface area (Å²) in [6, 6.07) is 8.34. The van der Waals surface area contributed by atoms with E-state index in [0.29, 0.717) is 36.0 Å². The summed E-state index contributed by atoms with van der Waals surface area (Å²) in [6.07, 6.45) is 6.45. The number of anilines is 3. The van der Waals surface area contributed by atoms with E-state index in [2.05, 4.69) is 50.0 Å². The fraction of sp³-hybridized carbons (Fsp3) is 0.458. The SMILES string of the molecule is Cc1cccc(Nc2ncnc3cnc(NC4CCC(C(=O)C5CNCCO5)CC4)nc23)c1. The van der Waals surface area contributed by atoms with Gasteiger partial charge in [-0.25, -0.2) is 19.9 Å². The van der Waals surface area contributed by atoms with E-state index in [4.69, 9.17) is 9.72 Å². The van der Waals surface area contributed by atoms with Crippen molar-refractivity contribution in [3.05, 3.63) is 42.4 Å². The van der Waals surface area contributed by atoms with Crippen LogP contribution >= 0.6 is 0 Å². The van der Waals surface area contributed by atoms with E-state index in [-0.39, 0.29) is 23.8 Å². The summed E-state index contributed by atoms with van der Waals surface area (Å²) in [4.78, 5) is 30.6. The van der Waals surface area contributed by atoms with Gasteiger partial charge in [0.1, 0.15) is 23.5 Å². The van der Waals surface area contributed by atoms with Gasteiger partial charge in [-0.15, -0.1) is 0 Å². The lowest BCUT2D eigenvalue weighted by atomic mass is 9.82. The van der Waals surface area contributed by atoms with Crippen LogP contribution < -0.4 is 16.0 Å². The molecule has 1 saturated carbocycles. The number of ketones is 1. The zero-order chi connectivity index (χ0) is 22.6. The summed E-state index contributed by atoms with van der Waals surface area (Å²) in [5, 5.41) is 10.0. The molecule has 0 amide bonds. The van der Waals surface area contributed by atoms with E-state index < -0.39 is 0 Å². The molecule has 2 aromatic heterocycles. The van der Waals surface area contributed by atoms with Gasteiger partial charge in [-0.3, -0.25) is 4.79 Å². The van der Waals surface area contributed by atoms with Gasteiger partial charge in [0, 0.05) is 30.7 Å². The number of Topliss-reactive ketones (excluding diaryl/α,β-unsaturated/α-hetero) is 1. The Labute approximate surface area is 192 Å². The maximum Gasteiger partial charge on any atom is 0.223 e. The van der Waals surface area contributed by atoms with Crippen molar-refractivity contribution in [2.75, 3.05) is 30.3 Å². The number of aryl methyl sites for hydroxylation is 1. The average Bonchev–Trinajstić information content (AvgIpc) is 2.85. The molecular weight excluding hydrogens is 418 g/mol. The predicted molar refractivity (Wildman–Crippen MR) is 127 cm³/mol. The first-order valence-corrected chi connectivity index (χ1v) is 11.6. The van der Waals surface area contributed by atoms with Crippen LogP contribution in [0.1, 0.15) is 31.2 Å². The summed E-state index contributed by atoms with van der Waals surface area (Å²) < 4.78 is 5.65. The van der Waals surface area contributed by atoms with Crippen molar-refractivity contribution < 1.29 is 9.53 Å². The van der Waals surface area contributed by atoms with Crippen LogP contribution in [-0.2, 0) is 9.53 Å². The van der Waals surface area contributed by atoms with E-state index >= 15 is 0 Å². The Kier molecular flexibility index (Phi) is 6.41. The number of carbonyl (C=O) groups is 1. The second kappa shape index (κ2) is 9.76. The van der Waals surface area contributed by atoms with Crippen molar-refractivity contribution in [3.63, 3.8) is 0 Å². The smallest absolute Gasteiger partial charge is 0.223 e. The molecule has 0 spiro atoms. The molecular formula is C24H29N7O2. The minimum absolute atomic E-state index is 0.0732. The highest BCUT2D eigenvalue weighted by Crippen LogP contribution is 2.29. The molecule has 3 heterocycles. The van der Waals surface area contributed by atoms with E-state index in [1.54, 1.807) is 6.20 Å². The lowest BCUT2D eigenvalue weighted by Gasteiger charge is -2.31. The Morgan fingerprint density at radius 1 is 1.15 bits per heavy atom. The van der Waals surface area contributed by atoms with E-state index in [0.717, 1.165) is 43.5 Å². The monoisotopic (exact) mass is 447 g/mol. The number of hydrogen-bond acceptors (Lipinski definition) is 9. The first kappa shape index (κ1) is 21.7. The number of rotatable bonds is 6. The number of benzene rings is 1. The fourth-order valence-electron chi connectivity index (χ4n) is 4.59. The molecule has 0 radical (unpaired) electrons. The normalized spacial score (nSPS) is 23.2. The summed E-state index contributed by atoms with van der Waals surface area (Å²) in [7, 11) is 0. The lowest BCUT2D eigenvalue weighted by Crippen LogP contribution is -2.46. The van der Waals surface area contributed by atoms with Crippen LogP contribution in [0.15, 0.2) is 36.8 Å². The van der Waals surface area contributed by atoms with Crippen LogP contribution in [0.2, 0.25) is 0 Å². The van der Waals surface area contributed by atoms with Gasteiger partial charge in [0.05, 0.1) is 12.8 Å². The molecule has 2 aliphatic rings. The Morgan fingerprint density at radius 2 is 2.03 bits per heavy atom. The van der Waals surface area contributed by atoms with Gasteiger partial charge in [-0.05, 0) is 50.3 Å². The van der Waals surface area contributed by atoms with Crippen LogP contribution in [0.3, 0.4) is 0 Å². The van der Waals surface area contributed by atoms with Crippen molar-refractivity contribution in [1.29, 1.82) is 0 Å². The maximum absolute atomic E-state index is 12.7. The van der Waals surface area contributed by atoms with Gasteiger partial charge in [0.2, 0.25) is 5.95 Å². The highest BCUT2D eigenvalue weighted by molar-refractivity contribution is 5.87. The molecule has 1 unspecified atom stereocenters. The highest BCUT2D eigenvalue weighted by atomic mass is 16.5. The zero-order valence-electron chi connectivity index (χ0n) is 18.8. The van der Waals surface area contributed by atoms with Crippen molar-refractivity contribution in [3.8, 4) is 0 Å². The minimum atomic E-state index is -0.295. The van der Waals surface area contributed by atoms with Crippen molar-refractivity contribution >= 4 is 34.3 Å². The molecule has 2 fully saturated rings. The number of ether oxygens (including phenoxy) is 1. The van der Waals surface area contributed by atoms with Crippen molar-refractivity contribution in [2.24, 2.45) is 5.92 Å². The molecule has 9 nitrogen and oxygen atoms in total. The molecule has 33 heavy (non-hydrogen) atoms. The third kappa shape index (κ3) is 5.09. The van der Waals surface area contributed by atoms with Crippen LogP contribution in [0.25, 0.3) is 11.0 Å². The molecule has 172 valence electrons. The molecule has 0 bridgehead atoms. The van der Waals surface area contributed by atoms with E-state index in [1.807, 2.05) is 12.1 Å². The van der Waals surface area contributed by atoms with E-state index in [1.165, 1.54) is 6.33 Å². The first-order valence-electron chi connectivity index (χ1n) is 11.6. The van der Waals surface area contributed by atoms with Gasteiger partial charge in [-0.1, -0.05) is 12.1 Å². The Balaban J connectivity index is 1.24. The summed E-state index contributed by atoms with van der Waals surface area (Å²) in [6.45, 7) is 4.11. The predicted octanol–water partition coefficient (Wildman–Crippen LogP) is 3.00. The maximum atomic E-state index is 12.7. The zero-order valence-corrected chi connectivity index (χ0v) is 18.8. The van der Waals surface area contributed by atoms with Gasteiger partial charge >= 0.3 is 0 Å². The van der Waals surface area contributed by atoms with Crippen LogP contribution in [0, 0.1) is 12.8 Å². The average molecular weight is 448 g/mol. The standard InChI is InChI=1S/C24H29N7O2/c1-15-3-2-4-18(11-15)29-23-21-19(27-14-28-23)12-26-24(31-21)30-17-7-5-16(6-8-17)22(32)20-13-25-9-10-33-20/h2-4,11-12,14,16-17,20,25H,5-10,13H2,1H3,(H,26,30,31)(H,27,28,29). The third-order valence-corrected chi connectivity index (χ3v) is 6.37. The topological polar surface area (TPSA) is 114 Å². The molecule has 3 N–H and O–H groups in total. The molecule has 3 aromatic rings. The van der Waals surface area contributed by atoms with Crippen LogP contribution in [0.5, 0.6) is 0 Å². The number of carbonyl (C=O) groups excluding carboxylic acids is 1. The third-order valence-electron chi connectivity index (χ3n) is 6.37. The first-order chi connectivity index (χ1) is 16.2. The number of aromatic nitrogens is 4. The largest absolute Gasteiger partial charge is 0.368 e. The number of morpholine rings is 1. The number of hydrogen-bond donors (Lipinski definition) is 3. The van der Waals surface area contributed by atoms with Crippen molar-refractivity contribution in [2.45, 2.75) is 44.8 Å². The molecule has 9 heteroatoms. The second-order valence-electron chi connectivity index (χ2n) is 8.80. The molecule has 1 aromatic carbocycles. The summed E-state index contributed by atoms with van der Waals surface area (Å²) in [5.41, 5.74) is 3.46. The minimum Gasteiger partial charge on any atom is -0.368 e. The molecule has 1 atom stereocenters. The Bertz CT molecular complexity index is 1120. The molecule has 1 saturated heterocycles. The van der Waals surface area contributed by atoms with Gasteiger partial charge in [-0.2, -0.15) is 0 Å². The number of nitrogens with zero attached hydrogens (tertiary/aromatic N) is 4. The fourth-order valence-corrected chi connectivity index (χ4v) is 4.59. The molecule has 1 aliphatic carbocycles. The lowest BCUT2D eigenvalue weighted by molar-refractivity contribution is -0.137. The Hall–Kier alpha value is -3.17. The van der Waals surface area contributed by atoms with Crippen LogP contribution in [0.4, 0.5) is 17.5 Å². The van der Waals surface area contributed by atoms with E-state index in [9.17, 15) is 4.79 Å². The van der Waals surface area contributed by atoms with Crippen LogP contribution in [-0.4, -0.2) is 57.6 Å². The molecule has 5 rings (SSSR count). The van der Waals surface area contributed by atoms with Gasteiger partial charge < -0.3 is 20.7 Å². The molecule has 1 aliphatic heterocycles.